The average molecular weight is 354 g/mol. The second kappa shape index (κ2) is 7.05. The summed E-state index contributed by atoms with van der Waals surface area (Å²) < 4.78 is 10.6. The summed E-state index contributed by atoms with van der Waals surface area (Å²) in [6.07, 6.45) is 0.148. The molecule has 0 spiro atoms. The molecule has 0 saturated carbocycles. The average Bonchev–Trinajstić information content (AvgIpc) is 3.28. The number of rotatable bonds is 5. The molecule has 4 rings (SSSR count). The Morgan fingerprint density at radius 1 is 1.15 bits per heavy atom. The summed E-state index contributed by atoms with van der Waals surface area (Å²) in [6.45, 7) is 0.759. The minimum Gasteiger partial charge on any atom is -0.454 e. The van der Waals surface area contributed by atoms with Crippen LogP contribution in [0.15, 0.2) is 48.5 Å². The highest BCUT2D eigenvalue weighted by molar-refractivity contribution is 6.00. The van der Waals surface area contributed by atoms with E-state index < -0.39 is 5.92 Å². The van der Waals surface area contributed by atoms with Gasteiger partial charge in [0.1, 0.15) is 0 Å². The molecule has 1 unspecified atom stereocenters. The van der Waals surface area contributed by atoms with E-state index in [1.807, 2.05) is 30.3 Å². The molecule has 2 aliphatic rings. The first-order valence-electron chi connectivity index (χ1n) is 8.36. The summed E-state index contributed by atoms with van der Waals surface area (Å²) in [6, 6.07) is 14.8. The summed E-state index contributed by atoms with van der Waals surface area (Å²) >= 11 is 0. The van der Waals surface area contributed by atoms with E-state index in [0.717, 1.165) is 5.56 Å². The SMILES string of the molecule is O=C(NOCc1ccccc1)C1CC(=O)N(c2ccc3c(c2)OCO3)C1. The highest BCUT2D eigenvalue weighted by Crippen LogP contribution is 2.37. The van der Waals surface area contributed by atoms with Crippen LogP contribution in [-0.2, 0) is 21.0 Å². The maximum Gasteiger partial charge on any atom is 0.248 e. The number of hydrogen-bond donors (Lipinski definition) is 1. The van der Waals surface area contributed by atoms with Crippen molar-refractivity contribution >= 4 is 17.5 Å². The number of nitrogens with zero attached hydrogens (tertiary/aromatic N) is 1. The molecule has 0 radical (unpaired) electrons. The van der Waals surface area contributed by atoms with Gasteiger partial charge in [-0.15, -0.1) is 0 Å². The van der Waals surface area contributed by atoms with Crippen molar-refractivity contribution in [2.75, 3.05) is 18.2 Å². The molecule has 134 valence electrons. The Kier molecular flexibility index (Phi) is 4.45. The highest BCUT2D eigenvalue weighted by atomic mass is 16.7. The van der Waals surface area contributed by atoms with E-state index in [9.17, 15) is 9.59 Å². The summed E-state index contributed by atoms with van der Waals surface area (Å²) in [7, 11) is 0. The van der Waals surface area contributed by atoms with Crippen LogP contribution in [0.4, 0.5) is 5.69 Å². The van der Waals surface area contributed by atoms with E-state index >= 15 is 0 Å². The first-order chi connectivity index (χ1) is 12.7. The molecule has 2 aromatic carbocycles. The largest absolute Gasteiger partial charge is 0.454 e. The first-order valence-corrected chi connectivity index (χ1v) is 8.36. The van der Waals surface area contributed by atoms with Gasteiger partial charge >= 0.3 is 0 Å². The molecule has 2 heterocycles. The molecular formula is C19H18N2O5. The van der Waals surface area contributed by atoms with Gasteiger partial charge in [0.25, 0.3) is 0 Å². The number of carbonyl (C=O) groups is 2. The summed E-state index contributed by atoms with van der Waals surface area (Å²) in [4.78, 5) is 31.5. The fraction of sp³-hybridized carbons (Fsp3) is 0.263. The van der Waals surface area contributed by atoms with Crippen LogP contribution in [0.25, 0.3) is 0 Å². The molecular weight excluding hydrogens is 336 g/mol. The normalized spacial score (nSPS) is 18.2. The second-order valence-corrected chi connectivity index (χ2v) is 6.18. The van der Waals surface area contributed by atoms with Crippen LogP contribution in [0, 0.1) is 5.92 Å². The van der Waals surface area contributed by atoms with Gasteiger partial charge in [-0.3, -0.25) is 14.4 Å². The lowest BCUT2D eigenvalue weighted by Gasteiger charge is -2.17. The molecule has 1 saturated heterocycles. The smallest absolute Gasteiger partial charge is 0.248 e. The van der Waals surface area contributed by atoms with Crippen molar-refractivity contribution in [3.63, 3.8) is 0 Å². The monoisotopic (exact) mass is 354 g/mol. The van der Waals surface area contributed by atoms with Crippen molar-refractivity contribution in [3.8, 4) is 11.5 Å². The lowest BCUT2D eigenvalue weighted by molar-refractivity contribution is -0.138. The quantitative estimate of drug-likeness (QED) is 0.832. The summed E-state index contributed by atoms with van der Waals surface area (Å²) in [5.74, 6) is 0.409. The van der Waals surface area contributed by atoms with Crippen LogP contribution >= 0.6 is 0 Å². The predicted octanol–water partition coefficient (Wildman–Crippen LogP) is 2.02. The molecule has 26 heavy (non-hydrogen) atoms. The molecule has 0 aliphatic carbocycles. The third-order valence-electron chi connectivity index (χ3n) is 4.42. The lowest BCUT2D eigenvalue weighted by Crippen LogP contribution is -2.33. The van der Waals surface area contributed by atoms with E-state index in [1.54, 1.807) is 23.1 Å². The number of hydroxylamine groups is 1. The molecule has 2 aliphatic heterocycles. The number of ether oxygens (including phenoxy) is 2. The molecule has 1 atom stereocenters. The molecule has 7 nitrogen and oxygen atoms in total. The van der Waals surface area contributed by atoms with Gasteiger partial charge in [-0.2, -0.15) is 0 Å². The van der Waals surface area contributed by atoms with Crippen molar-refractivity contribution in [2.45, 2.75) is 13.0 Å². The minimum absolute atomic E-state index is 0.105. The lowest BCUT2D eigenvalue weighted by atomic mass is 10.1. The number of nitrogens with one attached hydrogen (secondary N) is 1. The Morgan fingerprint density at radius 3 is 2.81 bits per heavy atom. The maximum atomic E-state index is 12.3. The Morgan fingerprint density at radius 2 is 1.96 bits per heavy atom. The van der Waals surface area contributed by atoms with Crippen molar-refractivity contribution < 1.29 is 23.9 Å². The Hall–Kier alpha value is -3.06. The highest BCUT2D eigenvalue weighted by Gasteiger charge is 2.35. The fourth-order valence-electron chi connectivity index (χ4n) is 3.03. The molecule has 2 aromatic rings. The van der Waals surface area contributed by atoms with Gasteiger partial charge in [-0.25, -0.2) is 5.48 Å². The number of hydrogen-bond acceptors (Lipinski definition) is 5. The number of benzene rings is 2. The van der Waals surface area contributed by atoms with Gasteiger partial charge in [-0.1, -0.05) is 30.3 Å². The summed E-state index contributed by atoms with van der Waals surface area (Å²) in [5.41, 5.74) is 4.09. The van der Waals surface area contributed by atoms with Crippen molar-refractivity contribution in [1.29, 1.82) is 0 Å². The maximum absolute atomic E-state index is 12.3. The third kappa shape index (κ3) is 3.34. The Labute approximate surface area is 150 Å². The van der Waals surface area contributed by atoms with Crippen LogP contribution in [0.5, 0.6) is 11.5 Å². The minimum atomic E-state index is -0.455. The summed E-state index contributed by atoms with van der Waals surface area (Å²) in [5, 5.41) is 0. The zero-order valence-corrected chi connectivity index (χ0v) is 14.0. The molecule has 1 N–H and O–H groups in total. The number of carbonyl (C=O) groups excluding carboxylic acids is 2. The van der Waals surface area contributed by atoms with Crippen LogP contribution in [0.1, 0.15) is 12.0 Å². The van der Waals surface area contributed by atoms with E-state index in [0.29, 0.717) is 23.7 Å². The number of amides is 2. The van der Waals surface area contributed by atoms with E-state index in [1.165, 1.54) is 0 Å². The Balaban J connectivity index is 1.34. The first kappa shape index (κ1) is 16.4. The van der Waals surface area contributed by atoms with Gasteiger partial charge < -0.3 is 14.4 Å². The number of anilines is 1. The van der Waals surface area contributed by atoms with E-state index in [-0.39, 0.29) is 31.6 Å². The van der Waals surface area contributed by atoms with Crippen LogP contribution < -0.4 is 19.9 Å². The molecule has 7 heteroatoms. The topological polar surface area (TPSA) is 77.1 Å². The van der Waals surface area contributed by atoms with Gasteiger partial charge in [0.05, 0.1) is 12.5 Å². The van der Waals surface area contributed by atoms with Crippen LogP contribution in [-0.4, -0.2) is 25.2 Å². The molecule has 0 aromatic heterocycles. The zero-order chi connectivity index (χ0) is 17.9. The third-order valence-corrected chi connectivity index (χ3v) is 4.42. The van der Waals surface area contributed by atoms with Gasteiger partial charge in [0.15, 0.2) is 11.5 Å². The predicted molar refractivity (Wildman–Crippen MR) is 92.4 cm³/mol. The Bertz CT molecular complexity index is 824. The van der Waals surface area contributed by atoms with E-state index in [4.69, 9.17) is 14.3 Å². The van der Waals surface area contributed by atoms with Crippen molar-refractivity contribution in [1.82, 2.24) is 5.48 Å². The molecule has 2 amide bonds. The van der Waals surface area contributed by atoms with Gasteiger partial charge in [-0.05, 0) is 17.7 Å². The van der Waals surface area contributed by atoms with Crippen LogP contribution in [0.3, 0.4) is 0 Å². The number of fused-ring (bicyclic) bond motifs is 1. The molecule has 1 fully saturated rings. The second-order valence-electron chi connectivity index (χ2n) is 6.18. The molecule has 0 bridgehead atoms. The van der Waals surface area contributed by atoms with Crippen molar-refractivity contribution in [3.05, 3.63) is 54.1 Å². The van der Waals surface area contributed by atoms with Crippen LogP contribution in [0.2, 0.25) is 0 Å². The zero-order valence-electron chi connectivity index (χ0n) is 14.0. The van der Waals surface area contributed by atoms with Gasteiger partial charge in [0, 0.05) is 24.7 Å². The van der Waals surface area contributed by atoms with Crippen molar-refractivity contribution in [2.24, 2.45) is 5.92 Å². The van der Waals surface area contributed by atoms with E-state index in [2.05, 4.69) is 5.48 Å². The standard InChI is InChI=1S/C19H18N2O5/c22-18-8-14(19(23)20-26-11-13-4-2-1-3-5-13)10-21(18)15-6-7-16-17(9-15)25-12-24-16/h1-7,9,14H,8,10-12H2,(H,20,23). The van der Waals surface area contributed by atoms with Gasteiger partial charge in [0.2, 0.25) is 18.6 Å². The fourth-order valence-corrected chi connectivity index (χ4v) is 3.03.